The Hall–Kier alpha value is -3.63. The van der Waals surface area contributed by atoms with Gasteiger partial charge in [0.2, 0.25) is 5.91 Å². The highest BCUT2D eigenvalue weighted by Crippen LogP contribution is 2.38. The van der Waals surface area contributed by atoms with Gasteiger partial charge in [0.15, 0.2) is 0 Å². The summed E-state index contributed by atoms with van der Waals surface area (Å²) in [5.41, 5.74) is 0.610. The number of carbonyl (C=O) groups is 2. The number of rotatable bonds is 10. The van der Waals surface area contributed by atoms with E-state index in [0.29, 0.717) is 17.7 Å². The van der Waals surface area contributed by atoms with Gasteiger partial charge in [-0.2, -0.15) is 8.78 Å². The number of esters is 1. The summed E-state index contributed by atoms with van der Waals surface area (Å²) in [7, 11) is 1.39. The van der Waals surface area contributed by atoms with Crippen molar-refractivity contribution in [2.24, 2.45) is 5.92 Å². The molecule has 0 fully saturated rings. The molecule has 41 heavy (non-hydrogen) atoms. The summed E-state index contributed by atoms with van der Waals surface area (Å²) in [6.07, 6.45) is 1.91. The summed E-state index contributed by atoms with van der Waals surface area (Å²) in [6.45, 7) is 6.12. The number of hydrogen-bond acceptors (Lipinski definition) is 7. The molecule has 0 saturated heterocycles. The molecule has 3 rings (SSSR count). The number of amides is 1. The van der Waals surface area contributed by atoms with E-state index in [9.17, 15) is 23.5 Å². The van der Waals surface area contributed by atoms with Crippen molar-refractivity contribution in [1.82, 2.24) is 4.90 Å². The van der Waals surface area contributed by atoms with E-state index in [0.717, 1.165) is 0 Å². The molecule has 2 aromatic carbocycles. The summed E-state index contributed by atoms with van der Waals surface area (Å²) in [6, 6.07) is 9.60. The third-order valence-corrected chi connectivity index (χ3v) is 6.20. The first-order valence-electron chi connectivity index (χ1n) is 13.0. The van der Waals surface area contributed by atoms with Crippen molar-refractivity contribution in [1.29, 1.82) is 0 Å². The van der Waals surface area contributed by atoms with E-state index in [4.69, 9.17) is 21.1 Å². The van der Waals surface area contributed by atoms with Crippen molar-refractivity contribution in [3.63, 3.8) is 0 Å². The Balaban J connectivity index is 1.88. The Morgan fingerprint density at radius 3 is 2.34 bits per heavy atom. The van der Waals surface area contributed by atoms with E-state index >= 15 is 0 Å². The number of anilines is 1. The minimum absolute atomic E-state index is 0.0660. The number of nitrogens with zero attached hydrogens (tertiary/aromatic N) is 1. The van der Waals surface area contributed by atoms with Crippen LogP contribution in [-0.4, -0.2) is 53.5 Å². The first-order valence-corrected chi connectivity index (χ1v) is 13.4. The molecule has 1 amide bonds. The lowest BCUT2D eigenvalue weighted by Crippen LogP contribution is -2.48. The van der Waals surface area contributed by atoms with Crippen LogP contribution in [0.5, 0.6) is 5.75 Å². The molecule has 0 aromatic heterocycles. The van der Waals surface area contributed by atoms with Gasteiger partial charge in [-0.15, -0.1) is 0 Å². The van der Waals surface area contributed by atoms with Crippen molar-refractivity contribution in [3.8, 4) is 5.75 Å². The summed E-state index contributed by atoms with van der Waals surface area (Å²) in [4.78, 5) is 27.3. The summed E-state index contributed by atoms with van der Waals surface area (Å²) in [5.74, 6) is -0.760. The van der Waals surface area contributed by atoms with Gasteiger partial charge in [0.1, 0.15) is 29.4 Å². The normalized spacial score (nSPS) is 16.2. The van der Waals surface area contributed by atoms with Crippen LogP contribution in [0.2, 0.25) is 5.02 Å². The standard InChI is InChI=1S/C30H35ClF2N2O6/c1-17(2)13-23(27(37)34-20-10-7-18(8-11-20)28(38)41-30(3,4)5)35-16-25(39-6)22(15-26(35)36)21-14-19(31)9-12-24(21)40-29(32)33/h7-12,14-17,23,26,29,36H,13H2,1-6H3,(H,34,37). The molecule has 0 bridgehead atoms. The van der Waals surface area contributed by atoms with Crippen LogP contribution in [0.15, 0.2) is 60.5 Å². The molecule has 1 aliphatic rings. The van der Waals surface area contributed by atoms with Crippen molar-refractivity contribution in [2.75, 3.05) is 12.4 Å². The second kappa shape index (κ2) is 13.4. The number of hydrogen-bond donors (Lipinski definition) is 2. The van der Waals surface area contributed by atoms with Crippen LogP contribution in [0, 0.1) is 5.92 Å². The molecule has 222 valence electrons. The highest BCUT2D eigenvalue weighted by Gasteiger charge is 2.33. The second-order valence-electron chi connectivity index (χ2n) is 10.9. The third kappa shape index (κ3) is 8.68. The second-order valence-corrected chi connectivity index (χ2v) is 11.3. The number of methoxy groups -OCH3 is 1. The lowest BCUT2D eigenvalue weighted by atomic mass is 9.96. The van der Waals surface area contributed by atoms with E-state index < -0.39 is 36.4 Å². The van der Waals surface area contributed by atoms with Gasteiger partial charge in [0.25, 0.3) is 0 Å². The average molecular weight is 593 g/mol. The molecule has 2 aromatic rings. The maximum atomic E-state index is 13.5. The molecule has 0 radical (unpaired) electrons. The number of benzene rings is 2. The molecule has 8 nitrogen and oxygen atoms in total. The lowest BCUT2D eigenvalue weighted by molar-refractivity contribution is -0.123. The minimum Gasteiger partial charge on any atom is -0.495 e. The van der Waals surface area contributed by atoms with E-state index in [-0.39, 0.29) is 33.6 Å². The first-order chi connectivity index (χ1) is 19.2. The molecule has 0 spiro atoms. The fourth-order valence-corrected chi connectivity index (χ4v) is 4.40. The number of ether oxygens (including phenoxy) is 3. The van der Waals surface area contributed by atoms with Crippen molar-refractivity contribution >= 4 is 34.7 Å². The van der Waals surface area contributed by atoms with Crippen LogP contribution in [0.3, 0.4) is 0 Å². The molecule has 0 aliphatic carbocycles. The van der Waals surface area contributed by atoms with Gasteiger partial charge in [0.05, 0.1) is 12.7 Å². The molecular weight excluding hydrogens is 558 g/mol. The van der Waals surface area contributed by atoms with E-state index in [1.54, 1.807) is 45.0 Å². The van der Waals surface area contributed by atoms with E-state index in [2.05, 4.69) is 10.1 Å². The van der Waals surface area contributed by atoms with Crippen LogP contribution in [0.25, 0.3) is 5.57 Å². The lowest BCUT2D eigenvalue weighted by Gasteiger charge is -2.37. The van der Waals surface area contributed by atoms with Crippen molar-refractivity contribution in [3.05, 3.63) is 76.6 Å². The van der Waals surface area contributed by atoms with Gasteiger partial charge >= 0.3 is 12.6 Å². The third-order valence-electron chi connectivity index (χ3n) is 5.96. The summed E-state index contributed by atoms with van der Waals surface area (Å²) in [5, 5.41) is 14.2. The summed E-state index contributed by atoms with van der Waals surface area (Å²) >= 11 is 6.13. The highest BCUT2D eigenvalue weighted by molar-refractivity contribution is 6.30. The monoisotopic (exact) mass is 592 g/mol. The zero-order valence-corrected chi connectivity index (χ0v) is 24.5. The minimum atomic E-state index is -3.08. The van der Waals surface area contributed by atoms with E-state index in [1.807, 2.05) is 13.8 Å². The van der Waals surface area contributed by atoms with Gasteiger partial charge in [0, 0.05) is 28.0 Å². The Labute approximate surface area is 243 Å². The number of nitrogens with one attached hydrogen (secondary N) is 1. The maximum Gasteiger partial charge on any atom is 0.387 e. The molecule has 2 unspecified atom stereocenters. The fraction of sp³-hybridized carbons (Fsp3) is 0.400. The largest absolute Gasteiger partial charge is 0.495 e. The van der Waals surface area contributed by atoms with E-state index in [1.165, 1.54) is 42.5 Å². The Bertz CT molecular complexity index is 1310. The smallest absolute Gasteiger partial charge is 0.387 e. The number of alkyl halides is 2. The fourth-order valence-electron chi connectivity index (χ4n) is 4.23. The zero-order chi connectivity index (χ0) is 30.5. The topological polar surface area (TPSA) is 97.3 Å². The Kier molecular flexibility index (Phi) is 10.4. The van der Waals surface area contributed by atoms with Crippen LogP contribution in [0.4, 0.5) is 14.5 Å². The number of aliphatic hydroxyl groups excluding tert-OH is 1. The number of carbonyl (C=O) groups excluding carboxylic acids is 2. The molecule has 2 atom stereocenters. The molecule has 2 N–H and O–H groups in total. The molecule has 11 heteroatoms. The average Bonchev–Trinajstić information content (AvgIpc) is 2.87. The van der Waals surface area contributed by atoms with Crippen LogP contribution < -0.4 is 10.1 Å². The number of aliphatic hydroxyl groups is 1. The first kappa shape index (κ1) is 31.9. The number of allylic oxidation sites excluding steroid dienone is 1. The SMILES string of the molecule is COC1=CN(C(CC(C)C)C(=O)Nc2ccc(C(=O)OC(C)(C)C)cc2)C(O)C=C1c1cc(Cl)ccc1OC(F)F. The van der Waals surface area contributed by atoms with Crippen LogP contribution in [0.1, 0.15) is 57.0 Å². The van der Waals surface area contributed by atoms with Gasteiger partial charge < -0.3 is 29.5 Å². The van der Waals surface area contributed by atoms with Gasteiger partial charge in [-0.1, -0.05) is 25.4 Å². The van der Waals surface area contributed by atoms with Crippen molar-refractivity contribution < 1.29 is 37.7 Å². The molecule has 1 aliphatic heterocycles. The summed E-state index contributed by atoms with van der Waals surface area (Å²) < 4.78 is 41.7. The van der Waals surface area contributed by atoms with Gasteiger partial charge in [-0.3, -0.25) is 4.79 Å². The highest BCUT2D eigenvalue weighted by atomic mass is 35.5. The molecular formula is C30H35ClF2N2O6. The zero-order valence-electron chi connectivity index (χ0n) is 23.8. The van der Waals surface area contributed by atoms with Crippen LogP contribution >= 0.6 is 11.6 Å². The van der Waals surface area contributed by atoms with Gasteiger partial charge in [-0.25, -0.2) is 4.79 Å². The number of halogens is 3. The quantitative estimate of drug-likeness (QED) is 0.306. The van der Waals surface area contributed by atoms with Crippen molar-refractivity contribution in [2.45, 2.75) is 65.5 Å². The Morgan fingerprint density at radius 2 is 1.78 bits per heavy atom. The predicted octanol–water partition coefficient (Wildman–Crippen LogP) is 6.46. The Morgan fingerprint density at radius 1 is 1.12 bits per heavy atom. The maximum absolute atomic E-state index is 13.5. The molecule has 1 heterocycles. The van der Waals surface area contributed by atoms with Crippen LogP contribution in [-0.2, 0) is 14.3 Å². The molecule has 0 saturated carbocycles. The van der Waals surface area contributed by atoms with Gasteiger partial charge in [-0.05, 0) is 81.7 Å². The predicted molar refractivity (Wildman–Crippen MR) is 152 cm³/mol.